The number of ether oxygens (including phenoxy) is 1. The van der Waals surface area contributed by atoms with Crippen molar-refractivity contribution in [3.63, 3.8) is 0 Å². The van der Waals surface area contributed by atoms with Gasteiger partial charge in [-0.05, 0) is 69.6 Å². The predicted octanol–water partition coefficient (Wildman–Crippen LogP) is 1.35. The number of hydrogen-bond acceptors (Lipinski definition) is 14. The predicted molar refractivity (Wildman–Crippen MR) is 237 cm³/mol. The number of aliphatic carboxylic acids is 3. The van der Waals surface area contributed by atoms with Crippen molar-refractivity contribution in [3.8, 4) is 11.8 Å². The second-order valence-corrected chi connectivity index (χ2v) is 16.0. The van der Waals surface area contributed by atoms with Gasteiger partial charge in [0.05, 0.1) is 62.5 Å². The van der Waals surface area contributed by atoms with Gasteiger partial charge < -0.3 is 35.1 Å². The molecule has 1 atom stereocenters. The molecule has 3 aromatic rings. The van der Waals surface area contributed by atoms with E-state index in [1.54, 1.807) is 43.9 Å². The average Bonchev–Trinajstić information content (AvgIpc) is 3.69. The standard InChI is InChI=1S/C39H51N7O10.C6H10N2/c1-29-3-5-30(6-4-29)24-46(12-2-22-56-31-7-8-34-33(23-31)32(9-10-40-34)39(55)41-11-21-47)35(48)25-42-13-15-43(26-36(49)50)17-19-45(28-38(53)54)20-18-44(16-14-42)27-37(51)52;1-8-4-2-3-6(8)5-7/h3-10,21,23H,2,11-20,22,24-28H2,1H3,(H,41,55)(H,49,50)(H,51,52)(H,53,54);6H,2-4H2,1H3. The molecule has 19 nitrogen and oxygen atoms in total. The number of amides is 2. The van der Waals surface area contributed by atoms with Gasteiger partial charge in [-0.2, -0.15) is 5.26 Å². The summed E-state index contributed by atoms with van der Waals surface area (Å²) < 4.78 is 6.06. The number of nitrogens with one attached hydrogen (secondary N) is 1. The van der Waals surface area contributed by atoms with Crippen molar-refractivity contribution in [2.75, 3.05) is 112 Å². The summed E-state index contributed by atoms with van der Waals surface area (Å²) >= 11 is 0. The number of nitrogens with zero attached hydrogens (tertiary/aromatic N) is 8. The Balaban J connectivity index is 0.00000101. The molecule has 2 aromatic carbocycles. The lowest BCUT2D eigenvalue weighted by Gasteiger charge is -2.33. The molecule has 2 fully saturated rings. The van der Waals surface area contributed by atoms with E-state index in [1.807, 2.05) is 43.1 Å². The van der Waals surface area contributed by atoms with Crippen LogP contribution in [0, 0.1) is 18.3 Å². The number of carbonyl (C=O) groups is 6. The number of aromatic nitrogens is 1. The zero-order valence-corrected chi connectivity index (χ0v) is 36.8. The molecule has 2 amide bonds. The monoisotopic (exact) mass is 887 g/mol. The minimum Gasteiger partial charge on any atom is -0.494 e. The molecule has 64 heavy (non-hydrogen) atoms. The molecule has 19 heteroatoms. The lowest BCUT2D eigenvalue weighted by molar-refractivity contribution is -0.140. The Hall–Kier alpha value is -6.04. The van der Waals surface area contributed by atoms with Gasteiger partial charge in [-0.1, -0.05) is 29.8 Å². The smallest absolute Gasteiger partial charge is 0.317 e. The fraction of sp³-hybridized carbons (Fsp3) is 0.511. The van der Waals surface area contributed by atoms with Crippen molar-refractivity contribution >= 4 is 46.9 Å². The Morgan fingerprint density at radius 2 is 1.39 bits per heavy atom. The minimum absolute atomic E-state index is 0.00625. The van der Waals surface area contributed by atoms with Gasteiger partial charge in [0.1, 0.15) is 12.0 Å². The lowest BCUT2D eigenvalue weighted by Crippen LogP contribution is -2.50. The van der Waals surface area contributed by atoms with Crippen molar-refractivity contribution in [2.45, 2.75) is 38.8 Å². The Labute approximate surface area is 373 Å². The Morgan fingerprint density at radius 1 is 0.828 bits per heavy atom. The summed E-state index contributed by atoms with van der Waals surface area (Å²) in [6, 6.07) is 17.1. The molecular formula is C45H61N9O10. The van der Waals surface area contributed by atoms with E-state index in [2.05, 4.69) is 21.3 Å². The SMILES string of the molecule is CN1CCCC1C#N.Cc1ccc(CN(CCCOc2ccc3nccc(C(=O)NCC=O)c3c2)C(=O)CN2CCN(CC(=O)O)CCN(CC(=O)O)CCN(CC(=O)O)CC2)cc1. The normalized spacial score (nSPS) is 17.2. The topological polar surface area (TPSA) is 240 Å². The first kappa shape index (κ1) is 50.6. The molecule has 1 aromatic heterocycles. The number of pyridine rings is 1. The second kappa shape index (κ2) is 26.6. The van der Waals surface area contributed by atoms with Crippen LogP contribution in [0.5, 0.6) is 5.75 Å². The summed E-state index contributed by atoms with van der Waals surface area (Å²) in [6.45, 7) is 5.51. The van der Waals surface area contributed by atoms with Crippen molar-refractivity contribution < 1.29 is 48.8 Å². The molecule has 2 aliphatic rings. The molecule has 2 aliphatic heterocycles. The van der Waals surface area contributed by atoms with Gasteiger partial charge in [-0.25, -0.2) is 0 Å². The summed E-state index contributed by atoms with van der Waals surface area (Å²) in [6.07, 6.45) is 4.85. The van der Waals surface area contributed by atoms with E-state index in [4.69, 9.17) is 10.00 Å². The fourth-order valence-electron chi connectivity index (χ4n) is 7.44. The van der Waals surface area contributed by atoms with Crippen molar-refractivity contribution in [1.82, 2.24) is 39.7 Å². The molecule has 2 saturated heterocycles. The number of aldehydes is 1. The summed E-state index contributed by atoms with van der Waals surface area (Å²) in [4.78, 5) is 87.7. The number of carbonyl (C=O) groups excluding carboxylic acids is 3. The Kier molecular flexibility index (Phi) is 21.0. The van der Waals surface area contributed by atoms with Crippen LogP contribution in [0.25, 0.3) is 10.9 Å². The summed E-state index contributed by atoms with van der Waals surface area (Å²) in [5, 5.41) is 40.1. The molecule has 0 bridgehead atoms. The van der Waals surface area contributed by atoms with Crippen LogP contribution in [-0.4, -0.2) is 204 Å². The van der Waals surface area contributed by atoms with Gasteiger partial charge in [0.25, 0.3) is 5.91 Å². The number of likely N-dealkylation sites (tertiary alicyclic amines) is 1. The molecular weight excluding hydrogens is 827 g/mol. The van der Waals surface area contributed by atoms with E-state index < -0.39 is 23.8 Å². The maximum Gasteiger partial charge on any atom is 0.317 e. The Bertz CT molecular complexity index is 2030. The van der Waals surface area contributed by atoms with E-state index in [1.165, 1.54) is 12.6 Å². The molecule has 0 saturated carbocycles. The third-order valence-corrected chi connectivity index (χ3v) is 11.0. The third-order valence-electron chi connectivity index (χ3n) is 11.0. The van der Waals surface area contributed by atoms with Gasteiger partial charge in [-0.15, -0.1) is 0 Å². The average molecular weight is 888 g/mol. The third kappa shape index (κ3) is 17.6. The minimum atomic E-state index is -1.03. The number of benzene rings is 2. The van der Waals surface area contributed by atoms with E-state index in [0.29, 0.717) is 74.2 Å². The number of nitriles is 1. The zero-order chi connectivity index (χ0) is 46.4. The fourth-order valence-corrected chi connectivity index (χ4v) is 7.44. The highest BCUT2D eigenvalue weighted by Gasteiger charge is 2.24. The van der Waals surface area contributed by atoms with E-state index in [-0.39, 0.29) is 77.5 Å². The lowest BCUT2D eigenvalue weighted by atomic mass is 10.1. The summed E-state index contributed by atoms with van der Waals surface area (Å²) in [7, 11) is 2.00. The molecule has 4 N–H and O–H groups in total. The molecule has 3 heterocycles. The van der Waals surface area contributed by atoms with Crippen molar-refractivity contribution in [3.05, 3.63) is 71.4 Å². The number of rotatable bonds is 18. The van der Waals surface area contributed by atoms with Crippen LogP contribution in [-0.2, 0) is 30.5 Å². The first-order chi connectivity index (χ1) is 30.7. The van der Waals surface area contributed by atoms with Crippen LogP contribution in [0.3, 0.4) is 0 Å². The van der Waals surface area contributed by atoms with E-state index in [0.717, 1.165) is 24.1 Å². The van der Waals surface area contributed by atoms with Crippen LogP contribution in [0.4, 0.5) is 0 Å². The molecule has 1 unspecified atom stereocenters. The zero-order valence-electron chi connectivity index (χ0n) is 36.8. The highest BCUT2D eigenvalue weighted by atomic mass is 16.5. The van der Waals surface area contributed by atoms with Crippen molar-refractivity contribution in [1.29, 1.82) is 5.26 Å². The van der Waals surface area contributed by atoms with Gasteiger partial charge in [0.2, 0.25) is 5.91 Å². The van der Waals surface area contributed by atoms with Gasteiger partial charge in [-0.3, -0.25) is 53.5 Å². The Morgan fingerprint density at radius 3 is 1.88 bits per heavy atom. The summed E-state index contributed by atoms with van der Waals surface area (Å²) in [5.74, 6) is -3.14. The van der Waals surface area contributed by atoms with Crippen molar-refractivity contribution in [2.24, 2.45) is 0 Å². The number of fused-ring (bicyclic) bond motifs is 1. The molecule has 5 rings (SSSR count). The van der Waals surface area contributed by atoms with Crippen LogP contribution >= 0.6 is 0 Å². The van der Waals surface area contributed by atoms with Crippen LogP contribution in [0.2, 0.25) is 0 Å². The number of carboxylic acid groups (broad SMARTS) is 3. The number of hydrogen-bond donors (Lipinski definition) is 4. The number of aryl methyl sites for hydroxylation is 1. The van der Waals surface area contributed by atoms with Gasteiger partial charge in [0, 0.05) is 77.0 Å². The largest absolute Gasteiger partial charge is 0.494 e. The van der Waals surface area contributed by atoms with E-state index in [9.17, 15) is 44.1 Å². The quantitative estimate of drug-likeness (QED) is 0.104. The number of carboxylic acids is 3. The summed E-state index contributed by atoms with van der Waals surface area (Å²) in [5.41, 5.74) is 2.96. The first-order valence-electron chi connectivity index (χ1n) is 21.5. The highest BCUT2D eigenvalue weighted by molar-refractivity contribution is 6.06. The van der Waals surface area contributed by atoms with Crippen LogP contribution < -0.4 is 10.1 Å². The maximum absolute atomic E-state index is 14.1. The second-order valence-electron chi connectivity index (χ2n) is 16.0. The highest BCUT2D eigenvalue weighted by Crippen LogP contribution is 2.23. The van der Waals surface area contributed by atoms with Crippen LogP contribution in [0.15, 0.2) is 54.7 Å². The van der Waals surface area contributed by atoms with Crippen LogP contribution in [0.1, 0.15) is 40.7 Å². The molecule has 0 radical (unpaired) electrons. The maximum atomic E-state index is 14.1. The molecule has 0 spiro atoms. The van der Waals surface area contributed by atoms with Gasteiger partial charge in [0.15, 0.2) is 0 Å². The van der Waals surface area contributed by atoms with E-state index >= 15 is 0 Å². The first-order valence-corrected chi connectivity index (χ1v) is 21.5. The molecule has 346 valence electrons. The van der Waals surface area contributed by atoms with Gasteiger partial charge >= 0.3 is 17.9 Å². The molecule has 0 aliphatic carbocycles.